The molecule has 1 N–H and O–H groups in total. The van der Waals surface area contributed by atoms with Crippen LogP contribution in [-0.4, -0.2) is 29.7 Å². The van der Waals surface area contributed by atoms with E-state index in [1.165, 1.54) is 0 Å². The fourth-order valence-corrected chi connectivity index (χ4v) is 2.88. The third-order valence-corrected chi connectivity index (χ3v) is 4.31. The van der Waals surface area contributed by atoms with E-state index in [0.717, 1.165) is 30.8 Å². The van der Waals surface area contributed by atoms with Gasteiger partial charge < -0.3 is 14.6 Å². The molecule has 128 valence electrons. The zero-order chi connectivity index (χ0) is 17.6. The summed E-state index contributed by atoms with van der Waals surface area (Å²) in [6.07, 6.45) is 5.44. The molecule has 6 heteroatoms. The first-order valence-electron chi connectivity index (χ1n) is 8.12. The van der Waals surface area contributed by atoms with Crippen molar-refractivity contribution in [3.8, 4) is 11.8 Å². The maximum atomic E-state index is 12.3. The second-order valence-electron chi connectivity index (χ2n) is 5.79. The predicted molar refractivity (Wildman–Crippen MR) is 96.4 cm³/mol. The Morgan fingerprint density at radius 2 is 2.20 bits per heavy atom. The Balaban J connectivity index is 1.76. The van der Waals surface area contributed by atoms with E-state index in [9.17, 15) is 10.1 Å². The number of carbonyl (C=O) groups excluding carboxylic acids is 1. The highest BCUT2D eigenvalue weighted by atomic mass is 35.5. The molecule has 1 saturated heterocycles. The van der Waals surface area contributed by atoms with Crippen molar-refractivity contribution in [3.63, 3.8) is 0 Å². The molecule has 1 atom stereocenters. The van der Waals surface area contributed by atoms with Crippen LogP contribution in [0.3, 0.4) is 0 Å². The Bertz CT molecular complexity index is 812. The van der Waals surface area contributed by atoms with Gasteiger partial charge in [-0.1, -0.05) is 11.6 Å². The van der Waals surface area contributed by atoms with E-state index in [1.807, 2.05) is 41.1 Å². The fourth-order valence-electron chi connectivity index (χ4n) is 2.75. The highest BCUT2D eigenvalue weighted by Gasteiger charge is 2.18. The highest BCUT2D eigenvalue weighted by Crippen LogP contribution is 2.18. The van der Waals surface area contributed by atoms with Crippen molar-refractivity contribution in [2.75, 3.05) is 13.2 Å². The zero-order valence-corrected chi connectivity index (χ0v) is 14.4. The normalized spacial score (nSPS) is 17.3. The lowest BCUT2D eigenvalue weighted by Gasteiger charge is -2.10. The predicted octanol–water partition coefficient (Wildman–Crippen LogP) is 3.33. The summed E-state index contributed by atoms with van der Waals surface area (Å²) in [4.78, 5) is 12.3. The minimum absolute atomic E-state index is 0.0434. The highest BCUT2D eigenvalue weighted by molar-refractivity contribution is 6.30. The van der Waals surface area contributed by atoms with Crippen LogP contribution in [0.25, 0.3) is 11.8 Å². The van der Waals surface area contributed by atoms with E-state index in [2.05, 4.69) is 5.32 Å². The third-order valence-electron chi connectivity index (χ3n) is 4.06. The number of nitriles is 1. The topological polar surface area (TPSA) is 67.0 Å². The monoisotopic (exact) mass is 355 g/mol. The van der Waals surface area contributed by atoms with Crippen molar-refractivity contribution in [1.82, 2.24) is 9.88 Å². The molecule has 0 spiro atoms. The third kappa shape index (κ3) is 4.30. The molecule has 0 radical (unpaired) electrons. The molecule has 1 unspecified atom stereocenters. The number of amides is 1. The van der Waals surface area contributed by atoms with Gasteiger partial charge in [0.1, 0.15) is 11.6 Å². The van der Waals surface area contributed by atoms with Gasteiger partial charge in [-0.15, -0.1) is 0 Å². The number of nitrogens with one attached hydrogen (secondary N) is 1. The van der Waals surface area contributed by atoms with E-state index in [0.29, 0.717) is 11.6 Å². The maximum Gasteiger partial charge on any atom is 0.262 e. The maximum absolute atomic E-state index is 12.3. The molecule has 5 nitrogen and oxygen atoms in total. The number of halogens is 1. The number of rotatable bonds is 5. The number of nitrogens with zero attached hydrogens (tertiary/aromatic N) is 2. The molecule has 1 aliphatic heterocycles. The number of hydrogen-bond donors (Lipinski definition) is 1. The van der Waals surface area contributed by atoms with Crippen molar-refractivity contribution in [2.24, 2.45) is 0 Å². The van der Waals surface area contributed by atoms with Crippen LogP contribution >= 0.6 is 11.6 Å². The van der Waals surface area contributed by atoms with Gasteiger partial charge in [0.05, 0.1) is 6.10 Å². The summed E-state index contributed by atoms with van der Waals surface area (Å²) in [5.41, 5.74) is 1.70. The quantitative estimate of drug-likeness (QED) is 0.660. The molecule has 0 saturated carbocycles. The standard InChI is InChI=1S/C19H18ClN3O2/c20-15-5-7-16(8-6-15)23-9-1-3-17(23)11-14(12-21)19(24)22-13-18-4-2-10-25-18/h1,3,5-9,11,18H,2,4,10,13H2,(H,22,24). The number of aromatic nitrogens is 1. The van der Waals surface area contributed by atoms with Crippen LogP contribution in [0.4, 0.5) is 0 Å². The minimum Gasteiger partial charge on any atom is -0.376 e. The average molecular weight is 356 g/mol. The second kappa shape index (κ2) is 8.02. The summed E-state index contributed by atoms with van der Waals surface area (Å²) >= 11 is 5.92. The smallest absolute Gasteiger partial charge is 0.262 e. The van der Waals surface area contributed by atoms with Crippen LogP contribution in [0.2, 0.25) is 5.02 Å². The minimum atomic E-state index is -0.387. The number of ether oxygens (including phenoxy) is 1. The Kier molecular flexibility index (Phi) is 5.54. The van der Waals surface area contributed by atoms with Gasteiger partial charge in [0, 0.05) is 35.8 Å². The fraction of sp³-hybridized carbons (Fsp3) is 0.263. The van der Waals surface area contributed by atoms with Crippen LogP contribution < -0.4 is 5.32 Å². The van der Waals surface area contributed by atoms with Crippen molar-refractivity contribution in [2.45, 2.75) is 18.9 Å². The molecule has 1 amide bonds. The Hall–Kier alpha value is -2.55. The zero-order valence-electron chi connectivity index (χ0n) is 13.6. The molecule has 1 aromatic carbocycles. The lowest BCUT2D eigenvalue weighted by Crippen LogP contribution is -2.32. The van der Waals surface area contributed by atoms with E-state index in [-0.39, 0.29) is 17.6 Å². The van der Waals surface area contributed by atoms with Gasteiger partial charge in [0.25, 0.3) is 5.91 Å². The number of carbonyl (C=O) groups is 1. The van der Waals surface area contributed by atoms with Gasteiger partial charge in [-0.3, -0.25) is 4.79 Å². The first-order valence-corrected chi connectivity index (χ1v) is 8.50. The summed E-state index contributed by atoms with van der Waals surface area (Å²) in [6, 6.07) is 13.0. The number of hydrogen-bond acceptors (Lipinski definition) is 3. The summed E-state index contributed by atoms with van der Waals surface area (Å²) in [5, 5.41) is 12.8. The lowest BCUT2D eigenvalue weighted by molar-refractivity contribution is -0.117. The first-order chi connectivity index (χ1) is 12.2. The molecular weight excluding hydrogens is 338 g/mol. The van der Waals surface area contributed by atoms with Gasteiger partial charge in [-0.25, -0.2) is 0 Å². The summed E-state index contributed by atoms with van der Waals surface area (Å²) in [7, 11) is 0. The summed E-state index contributed by atoms with van der Waals surface area (Å²) in [5.74, 6) is -0.387. The van der Waals surface area contributed by atoms with E-state index in [1.54, 1.807) is 18.2 Å². The molecular formula is C19H18ClN3O2. The van der Waals surface area contributed by atoms with Gasteiger partial charge in [0.2, 0.25) is 0 Å². The van der Waals surface area contributed by atoms with Gasteiger partial charge in [0.15, 0.2) is 0 Å². The van der Waals surface area contributed by atoms with Gasteiger partial charge >= 0.3 is 0 Å². The summed E-state index contributed by atoms with van der Waals surface area (Å²) < 4.78 is 7.37. The average Bonchev–Trinajstić information content (AvgIpc) is 3.30. The molecule has 2 aromatic rings. The molecule has 0 bridgehead atoms. The lowest BCUT2D eigenvalue weighted by atomic mass is 10.2. The molecule has 3 rings (SSSR count). The molecule has 1 aromatic heterocycles. The molecule has 25 heavy (non-hydrogen) atoms. The van der Waals surface area contributed by atoms with Crippen LogP contribution in [0.5, 0.6) is 0 Å². The largest absolute Gasteiger partial charge is 0.376 e. The van der Waals surface area contributed by atoms with Crippen molar-refractivity contribution in [3.05, 3.63) is 58.9 Å². The molecule has 0 aliphatic carbocycles. The summed E-state index contributed by atoms with van der Waals surface area (Å²) in [6.45, 7) is 1.16. The van der Waals surface area contributed by atoms with E-state index < -0.39 is 0 Å². The first kappa shape index (κ1) is 17.3. The SMILES string of the molecule is N#CC(=Cc1cccn1-c1ccc(Cl)cc1)C(=O)NCC1CCCO1. The van der Waals surface area contributed by atoms with Crippen LogP contribution in [0, 0.1) is 11.3 Å². The number of benzene rings is 1. The van der Waals surface area contributed by atoms with Crippen molar-refractivity contribution >= 4 is 23.6 Å². The van der Waals surface area contributed by atoms with Gasteiger partial charge in [-0.05, 0) is 55.3 Å². The van der Waals surface area contributed by atoms with E-state index >= 15 is 0 Å². The Morgan fingerprint density at radius 3 is 2.88 bits per heavy atom. The van der Waals surface area contributed by atoms with E-state index in [4.69, 9.17) is 16.3 Å². The van der Waals surface area contributed by atoms with Crippen molar-refractivity contribution < 1.29 is 9.53 Å². The Labute approximate surface area is 151 Å². The Morgan fingerprint density at radius 1 is 1.40 bits per heavy atom. The van der Waals surface area contributed by atoms with Crippen LogP contribution in [-0.2, 0) is 9.53 Å². The molecule has 2 heterocycles. The van der Waals surface area contributed by atoms with Gasteiger partial charge in [-0.2, -0.15) is 5.26 Å². The molecule has 1 aliphatic rings. The van der Waals surface area contributed by atoms with Crippen LogP contribution in [0.1, 0.15) is 18.5 Å². The van der Waals surface area contributed by atoms with Crippen molar-refractivity contribution in [1.29, 1.82) is 5.26 Å². The second-order valence-corrected chi connectivity index (χ2v) is 6.23. The molecule has 1 fully saturated rings. The van der Waals surface area contributed by atoms with Crippen LogP contribution in [0.15, 0.2) is 48.2 Å².